The number of nitrogens with one attached hydrogen (secondary N) is 1. The molecule has 0 radical (unpaired) electrons. The molecule has 0 aliphatic carbocycles. The highest BCUT2D eigenvalue weighted by molar-refractivity contribution is 5.70. The zero-order valence-corrected chi connectivity index (χ0v) is 10.9. The van der Waals surface area contributed by atoms with Gasteiger partial charge in [0, 0.05) is 12.2 Å². The predicted molar refractivity (Wildman–Crippen MR) is 68.2 cm³/mol. The van der Waals surface area contributed by atoms with E-state index in [1.807, 2.05) is 6.92 Å². The second kappa shape index (κ2) is 6.60. The number of carbonyl (C=O) groups is 1. The van der Waals surface area contributed by atoms with Crippen molar-refractivity contribution in [2.45, 2.75) is 27.2 Å². The van der Waals surface area contributed by atoms with E-state index in [-0.39, 0.29) is 12.4 Å². The quantitative estimate of drug-likeness (QED) is 0.805. The van der Waals surface area contributed by atoms with Crippen LogP contribution in [-0.4, -0.2) is 24.1 Å². The maximum Gasteiger partial charge on any atom is 0.307 e. The van der Waals surface area contributed by atoms with Crippen molar-refractivity contribution in [1.82, 2.24) is 4.98 Å². The van der Waals surface area contributed by atoms with Crippen molar-refractivity contribution in [3.63, 3.8) is 0 Å². The number of nitrogens with zero attached hydrogens (tertiary/aromatic N) is 2. The molecule has 0 fully saturated rings. The zero-order chi connectivity index (χ0) is 13.5. The van der Waals surface area contributed by atoms with E-state index in [0.29, 0.717) is 30.1 Å². The molecular formula is C13H17N3O2. The van der Waals surface area contributed by atoms with Gasteiger partial charge in [-0.1, -0.05) is 0 Å². The number of pyridine rings is 1. The summed E-state index contributed by atoms with van der Waals surface area (Å²) in [6.45, 7) is 6.26. The Morgan fingerprint density at radius 1 is 1.56 bits per heavy atom. The number of anilines is 1. The van der Waals surface area contributed by atoms with Gasteiger partial charge in [-0.05, 0) is 26.8 Å². The second-order valence-electron chi connectivity index (χ2n) is 3.87. The SMILES string of the molecule is CCOC(=O)CCNc1cc(C)nc(C)c1C#N. The summed E-state index contributed by atoms with van der Waals surface area (Å²) >= 11 is 0. The summed E-state index contributed by atoms with van der Waals surface area (Å²) in [5.74, 6) is -0.244. The van der Waals surface area contributed by atoms with E-state index < -0.39 is 0 Å². The van der Waals surface area contributed by atoms with Crippen molar-refractivity contribution in [3.8, 4) is 6.07 Å². The molecule has 0 unspecified atom stereocenters. The van der Waals surface area contributed by atoms with Gasteiger partial charge in [0.25, 0.3) is 0 Å². The first-order chi connectivity index (χ1) is 8.58. The van der Waals surface area contributed by atoms with Crippen molar-refractivity contribution in [2.75, 3.05) is 18.5 Å². The summed E-state index contributed by atoms with van der Waals surface area (Å²) in [4.78, 5) is 15.4. The lowest BCUT2D eigenvalue weighted by Gasteiger charge is -2.10. The van der Waals surface area contributed by atoms with E-state index in [1.165, 1.54) is 0 Å². The van der Waals surface area contributed by atoms with Gasteiger partial charge in [-0.3, -0.25) is 9.78 Å². The van der Waals surface area contributed by atoms with Gasteiger partial charge in [-0.2, -0.15) is 5.26 Å². The molecule has 0 saturated heterocycles. The Kier molecular flexibility index (Phi) is 5.12. The van der Waals surface area contributed by atoms with Crippen molar-refractivity contribution in [1.29, 1.82) is 5.26 Å². The standard InChI is InChI=1S/C13H17N3O2/c1-4-18-13(17)5-6-15-12-7-9(2)16-10(3)11(12)8-14/h7H,4-6H2,1-3H3,(H,15,16). The predicted octanol–water partition coefficient (Wildman–Crippen LogP) is 1.94. The van der Waals surface area contributed by atoms with E-state index in [4.69, 9.17) is 10.00 Å². The summed E-state index contributed by atoms with van der Waals surface area (Å²) in [6.07, 6.45) is 0.277. The number of rotatable bonds is 5. The number of carbonyl (C=O) groups excluding carboxylic acids is 1. The van der Waals surface area contributed by atoms with Gasteiger partial charge >= 0.3 is 5.97 Å². The van der Waals surface area contributed by atoms with Crippen molar-refractivity contribution >= 4 is 11.7 Å². The average molecular weight is 247 g/mol. The summed E-state index contributed by atoms with van der Waals surface area (Å²) in [7, 11) is 0. The molecule has 0 bridgehead atoms. The summed E-state index contributed by atoms with van der Waals surface area (Å²) < 4.78 is 4.83. The van der Waals surface area contributed by atoms with Gasteiger partial charge < -0.3 is 10.1 Å². The molecule has 0 amide bonds. The summed E-state index contributed by atoms with van der Waals surface area (Å²) in [5, 5.41) is 12.1. The van der Waals surface area contributed by atoms with E-state index in [1.54, 1.807) is 19.9 Å². The van der Waals surface area contributed by atoms with E-state index >= 15 is 0 Å². The summed E-state index contributed by atoms with van der Waals surface area (Å²) in [6, 6.07) is 3.92. The van der Waals surface area contributed by atoms with Crippen molar-refractivity contribution in [3.05, 3.63) is 23.0 Å². The average Bonchev–Trinajstić information content (AvgIpc) is 2.28. The Balaban J connectivity index is 2.68. The molecule has 5 nitrogen and oxygen atoms in total. The smallest absolute Gasteiger partial charge is 0.307 e. The molecule has 96 valence electrons. The number of hydrogen-bond acceptors (Lipinski definition) is 5. The number of nitriles is 1. The van der Waals surface area contributed by atoms with Crippen LogP contribution >= 0.6 is 0 Å². The first kappa shape index (κ1) is 14.0. The minimum absolute atomic E-state index is 0.244. The van der Waals surface area contributed by atoms with E-state index in [2.05, 4.69) is 16.4 Å². The number of ether oxygens (including phenoxy) is 1. The van der Waals surface area contributed by atoms with Crippen molar-refractivity contribution in [2.24, 2.45) is 0 Å². The largest absolute Gasteiger partial charge is 0.466 e. The van der Waals surface area contributed by atoms with Gasteiger partial charge in [0.1, 0.15) is 6.07 Å². The lowest BCUT2D eigenvalue weighted by Crippen LogP contribution is -2.12. The normalized spacial score (nSPS) is 9.67. The first-order valence-corrected chi connectivity index (χ1v) is 5.86. The monoisotopic (exact) mass is 247 g/mol. The molecule has 5 heteroatoms. The van der Waals surface area contributed by atoms with Crippen LogP contribution in [0.3, 0.4) is 0 Å². The maximum absolute atomic E-state index is 11.2. The Labute approximate surface area is 107 Å². The molecule has 18 heavy (non-hydrogen) atoms. The molecule has 0 aromatic carbocycles. The minimum Gasteiger partial charge on any atom is -0.466 e. The molecule has 0 atom stereocenters. The molecule has 0 aliphatic heterocycles. The summed E-state index contributed by atoms with van der Waals surface area (Å²) in [5.41, 5.74) is 2.76. The first-order valence-electron chi connectivity index (χ1n) is 5.86. The van der Waals surface area contributed by atoms with Gasteiger partial charge in [0.05, 0.1) is 30.0 Å². The molecule has 0 aliphatic rings. The third-order valence-electron chi connectivity index (χ3n) is 2.39. The highest BCUT2D eigenvalue weighted by atomic mass is 16.5. The zero-order valence-electron chi connectivity index (χ0n) is 10.9. The van der Waals surface area contributed by atoms with E-state index in [0.717, 1.165) is 5.69 Å². The molecule has 1 rings (SSSR count). The van der Waals surface area contributed by atoms with Crippen LogP contribution in [0.4, 0.5) is 5.69 Å². The second-order valence-corrected chi connectivity index (χ2v) is 3.87. The fraction of sp³-hybridized carbons (Fsp3) is 0.462. The highest BCUT2D eigenvalue weighted by Gasteiger charge is 2.08. The third-order valence-corrected chi connectivity index (χ3v) is 2.39. The third kappa shape index (κ3) is 3.74. The Morgan fingerprint density at radius 3 is 2.89 bits per heavy atom. The van der Waals surface area contributed by atoms with Crippen LogP contribution in [0.25, 0.3) is 0 Å². The van der Waals surface area contributed by atoms with Crippen molar-refractivity contribution < 1.29 is 9.53 Å². The van der Waals surface area contributed by atoms with Crippen LogP contribution in [0.1, 0.15) is 30.3 Å². The Hall–Kier alpha value is -2.09. The van der Waals surface area contributed by atoms with Gasteiger partial charge in [-0.15, -0.1) is 0 Å². The Morgan fingerprint density at radius 2 is 2.28 bits per heavy atom. The van der Waals surface area contributed by atoms with Gasteiger partial charge in [0.2, 0.25) is 0 Å². The number of hydrogen-bond donors (Lipinski definition) is 1. The maximum atomic E-state index is 11.2. The highest BCUT2D eigenvalue weighted by Crippen LogP contribution is 2.18. The lowest BCUT2D eigenvalue weighted by molar-refractivity contribution is -0.142. The number of aromatic nitrogens is 1. The lowest BCUT2D eigenvalue weighted by atomic mass is 10.1. The van der Waals surface area contributed by atoms with Crippen LogP contribution in [0.5, 0.6) is 0 Å². The topological polar surface area (TPSA) is 75.0 Å². The fourth-order valence-electron chi connectivity index (χ4n) is 1.64. The molecule has 1 aromatic heterocycles. The molecule has 0 saturated carbocycles. The fourth-order valence-corrected chi connectivity index (χ4v) is 1.64. The minimum atomic E-state index is -0.244. The van der Waals surface area contributed by atoms with Crippen LogP contribution < -0.4 is 5.32 Å². The van der Waals surface area contributed by atoms with Crippen LogP contribution in [-0.2, 0) is 9.53 Å². The molecule has 1 N–H and O–H groups in total. The molecule has 1 heterocycles. The van der Waals surface area contributed by atoms with Gasteiger partial charge in [-0.25, -0.2) is 0 Å². The van der Waals surface area contributed by atoms with Crippen LogP contribution in [0, 0.1) is 25.2 Å². The van der Waals surface area contributed by atoms with Gasteiger partial charge in [0.15, 0.2) is 0 Å². The van der Waals surface area contributed by atoms with Crippen LogP contribution in [0.2, 0.25) is 0 Å². The number of esters is 1. The Bertz CT molecular complexity index is 478. The molecule has 1 aromatic rings. The number of aryl methyl sites for hydroxylation is 2. The van der Waals surface area contributed by atoms with Crippen LogP contribution in [0.15, 0.2) is 6.07 Å². The molecular weight excluding hydrogens is 230 g/mol. The van der Waals surface area contributed by atoms with E-state index in [9.17, 15) is 4.79 Å². The molecule has 0 spiro atoms.